The number of hydrogen-bond donors (Lipinski definition) is 1. The van der Waals surface area contributed by atoms with Crippen LogP contribution in [-0.4, -0.2) is 38.3 Å². The Morgan fingerprint density at radius 2 is 1.74 bits per heavy atom. The van der Waals surface area contributed by atoms with Crippen LogP contribution in [0.2, 0.25) is 0 Å². The van der Waals surface area contributed by atoms with Gasteiger partial charge in [0, 0.05) is 26.2 Å². The number of para-hydroxylation sites is 2. The molecule has 3 aromatic rings. The van der Waals surface area contributed by atoms with Gasteiger partial charge in [0.1, 0.15) is 16.4 Å². The van der Waals surface area contributed by atoms with Crippen molar-refractivity contribution in [1.82, 2.24) is 13.9 Å². The fourth-order valence-electron chi connectivity index (χ4n) is 2.95. The number of nitrogens with zero attached hydrogens (tertiary/aromatic N) is 2. The third kappa shape index (κ3) is 3.56. The van der Waals surface area contributed by atoms with Crippen LogP contribution in [-0.2, 0) is 23.6 Å². The summed E-state index contributed by atoms with van der Waals surface area (Å²) in [6.07, 6.45) is 0. The number of methoxy groups -OCH3 is 2. The van der Waals surface area contributed by atoms with Gasteiger partial charge in [-0.15, -0.1) is 0 Å². The number of benzene rings is 2. The molecule has 0 unspecified atom stereocenters. The Bertz CT molecular complexity index is 1130. The molecule has 0 fully saturated rings. The Morgan fingerprint density at radius 1 is 1.04 bits per heavy atom. The van der Waals surface area contributed by atoms with Crippen LogP contribution in [0.25, 0.3) is 11.0 Å². The summed E-state index contributed by atoms with van der Waals surface area (Å²) in [7, 11) is 0.759. The summed E-state index contributed by atoms with van der Waals surface area (Å²) in [5.41, 5.74) is 1.35. The predicted molar refractivity (Wildman–Crippen MR) is 102 cm³/mol. The predicted octanol–water partition coefficient (Wildman–Crippen LogP) is 1.34. The van der Waals surface area contributed by atoms with Crippen molar-refractivity contribution in [2.75, 3.05) is 20.8 Å². The topological polar surface area (TPSA) is 91.6 Å². The number of aryl methyl sites for hydroxylation is 1. The molecule has 0 aliphatic heterocycles. The molecule has 1 N–H and O–H groups in total. The maximum Gasteiger partial charge on any atom is 0.328 e. The molecule has 0 aliphatic carbocycles. The number of hydrogen-bond acceptors (Lipinski definition) is 5. The minimum absolute atomic E-state index is 0.0102. The van der Waals surface area contributed by atoms with Gasteiger partial charge in [0.05, 0.1) is 25.3 Å². The van der Waals surface area contributed by atoms with E-state index >= 15 is 0 Å². The molecular formula is C18H21N3O5S. The second-order valence-electron chi connectivity index (χ2n) is 5.90. The summed E-state index contributed by atoms with van der Waals surface area (Å²) in [5, 5.41) is 0. The molecule has 0 atom stereocenters. The Labute approximate surface area is 157 Å². The highest BCUT2D eigenvalue weighted by atomic mass is 32.2. The van der Waals surface area contributed by atoms with Gasteiger partial charge in [-0.1, -0.05) is 12.1 Å². The molecular weight excluding hydrogens is 370 g/mol. The molecule has 0 amide bonds. The van der Waals surface area contributed by atoms with Crippen LogP contribution in [0.3, 0.4) is 0 Å². The van der Waals surface area contributed by atoms with Crippen LogP contribution in [0.4, 0.5) is 0 Å². The first-order valence-electron chi connectivity index (χ1n) is 8.25. The van der Waals surface area contributed by atoms with Gasteiger partial charge in [0.2, 0.25) is 10.0 Å². The maximum atomic E-state index is 12.6. The standard InChI is InChI=1S/C18H21N3O5S/c1-20-14-6-4-5-7-15(14)21(18(20)22)11-10-19-27(23,24)17-9-8-13(25-2)12-16(17)26-3/h4-9,12,19H,10-11H2,1-3H3. The smallest absolute Gasteiger partial charge is 0.328 e. The minimum Gasteiger partial charge on any atom is -0.497 e. The third-order valence-corrected chi connectivity index (χ3v) is 5.84. The molecule has 1 aromatic heterocycles. The number of ether oxygens (including phenoxy) is 2. The van der Waals surface area contributed by atoms with E-state index in [1.165, 1.54) is 30.9 Å². The highest BCUT2D eigenvalue weighted by Crippen LogP contribution is 2.28. The number of aromatic nitrogens is 2. The molecule has 3 rings (SSSR count). The first-order chi connectivity index (χ1) is 12.9. The van der Waals surface area contributed by atoms with E-state index in [9.17, 15) is 13.2 Å². The van der Waals surface area contributed by atoms with Crippen molar-refractivity contribution in [3.05, 3.63) is 52.9 Å². The van der Waals surface area contributed by atoms with E-state index in [0.29, 0.717) is 5.75 Å². The largest absolute Gasteiger partial charge is 0.497 e. The average molecular weight is 391 g/mol. The van der Waals surface area contributed by atoms with Gasteiger partial charge in [0.15, 0.2) is 0 Å². The molecule has 144 valence electrons. The lowest BCUT2D eigenvalue weighted by atomic mass is 10.3. The van der Waals surface area contributed by atoms with Gasteiger partial charge in [-0.3, -0.25) is 9.13 Å². The number of imidazole rings is 1. The molecule has 0 bridgehead atoms. The van der Waals surface area contributed by atoms with E-state index < -0.39 is 10.0 Å². The highest BCUT2D eigenvalue weighted by molar-refractivity contribution is 7.89. The second-order valence-corrected chi connectivity index (χ2v) is 7.63. The van der Waals surface area contributed by atoms with Crippen LogP contribution in [0.5, 0.6) is 11.5 Å². The van der Waals surface area contributed by atoms with Crippen LogP contribution in [0, 0.1) is 0 Å². The van der Waals surface area contributed by atoms with Crippen molar-refractivity contribution >= 4 is 21.1 Å². The van der Waals surface area contributed by atoms with E-state index in [1.807, 2.05) is 24.3 Å². The maximum absolute atomic E-state index is 12.6. The van der Waals surface area contributed by atoms with E-state index in [2.05, 4.69) is 4.72 Å². The van der Waals surface area contributed by atoms with E-state index in [-0.39, 0.29) is 29.4 Å². The van der Waals surface area contributed by atoms with Crippen molar-refractivity contribution in [2.24, 2.45) is 7.05 Å². The van der Waals surface area contributed by atoms with Gasteiger partial charge in [0.25, 0.3) is 0 Å². The van der Waals surface area contributed by atoms with Crippen LogP contribution in [0.1, 0.15) is 0 Å². The van der Waals surface area contributed by atoms with Crippen LogP contribution in [0.15, 0.2) is 52.2 Å². The summed E-state index contributed by atoms with van der Waals surface area (Å²) in [6, 6.07) is 11.8. The first kappa shape index (κ1) is 19.0. The Balaban J connectivity index is 1.82. The summed E-state index contributed by atoms with van der Waals surface area (Å²) in [6.45, 7) is 0.267. The van der Waals surface area contributed by atoms with Crippen LogP contribution < -0.4 is 19.9 Å². The zero-order valence-corrected chi connectivity index (χ0v) is 16.1. The Hall–Kier alpha value is -2.78. The first-order valence-corrected chi connectivity index (χ1v) is 9.73. The number of nitrogens with one attached hydrogen (secondary N) is 1. The average Bonchev–Trinajstić information content (AvgIpc) is 2.92. The van der Waals surface area contributed by atoms with E-state index in [4.69, 9.17) is 9.47 Å². The summed E-state index contributed by atoms with van der Waals surface area (Å²) in [5.74, 6) is 0.678. The monoisotopic (exact) mass is 391 g/mol. The second kappa shape index (κ2) is 7.45. The molecule has 8 nitrogen and oxygen atoms in total. The SMILES string of the molecule is COc1ccc(S(=O)(=O)NCCn2c(=O)n(C)c3ccccc32)c(OC)c1. The van der Waals surface area contributed by atoms with Crippen molar-refractivity contribution in [3.8, 4) is 11.5 Å². The van der Waals surface area contributed by atoms with Crippen molar-refractivity contribution in [2.45, 2.75) is 11.4 Å². The summed E-state index contributed by atoms with van der Waals surface area (Å²) in [4.78, 5) is 12.4. The van der Waals surface area contributed by atoms with Crippen molar-refractivity contribution in [3.63, 3.8) is 0 Å². The van der Waals surface area contributed by atoms with Gasteiger partial charge >= 0.3 is 5.69 Å². The zero-order valence-electron chi connectivity index (χ0n) is 15.3. The number of sulfonamides is 1. The fourth-order valence-corrected chi connectivity index (χ4v) is 4.12. The molecule has 0 saturated heterocycles. The van der Waals surface area contributed by atoms with Crippen molar-refractivity contribution < 1.29 is 17.9 Å². The normalized spacial score (nSPS) is 11.7. The van der Waals surface area contributed by atoms with Crippen LogP contribution >= 0.6 is 0 Å². The molecule has 0 radical (unpaired) electrons. The van der Waals surface area contributed by atoms with Gasteiger partial charge in [-0.2, -0.15) is 0 Å². The Kier molecular flexibility index (Phi) is 5.24. The highest BCUT2D eigenvalue weighted by Gasteiger charge is 2.20. The zero-order chi connectivity index (χ0) is 19.6. The quantitative estimate of drug-likeness (QED) is 0.656. The van der Waals surface area contributed by atoms with Gasteiger partial charge in [-0.05, 0) is 24.3 Å². The molecule has 9 heteroatoms. The Morgan fingerprint density at radius 3 is 2.41 bits per heavy atom. The summed E-state index contributed by atoms with van der Waals surface area (Å²) < 4.78 is 41.1. The molecule has 27 heavy (non-hydrogen) atoms. The fraction of sp³-hybridized carbons (Fsp3) is 0.278. The minimum atomic E-state index is -3.81. The van der Waals surface area contributed by atoms with Gasteiger partial charge < -0.3 is 9.47 Å². The molecule has 1 heterocycles. The summed E-state index contributed by atoms with van der Waals surface area (Å²) >= 11 is 0. The number of fused-ring (bicyclic) bond motifs is 1. The molecule has 2 aromatic carbocycles. The third-order valence-electron chi connectivity index (χ3n) is 4.34. The van der Waals surface area contributed by atoms with Crippen molar-refractivity contribution in [1.29, 1.82) is 0 Å². The molecule has 0 spiro atoms. The lowest BCUT2D eigenvalue weighted by Gasteiger charge is -2.12. The lowest BCUT2D eigenvalue weighted by molar-refractivity contribution is 0.386. The lowest BCUT2D eigenvalue weighted by Crippen LogP contribution is -2.31. The molecule has 0 saturated carbocycles. The van der Waals surface area contributed by atoms with E-state index in [0.717, 1.165) is 11.0 Å². The molecule has 0 aliphatic rings. The number of rotatable bonds is 7. The van der Waals surface area contributed by atoms with Gasteiger partial charge in [-0.25, -0.2) is 17.9 Å². The van der Waals surface area contributed by atoms with E-state index in [1.54, 1.807) is 17.7 Å².